The number of para-hydroxylation sites is 1. The fraction of sp³-hybridized carbons (Fsp3) is 0.265. The van der Waals surface area contributed by atoms with Crippen molar-refractivity contribution in [2.75, 3.05) is 23.3 Å². The summed E-state index contributed by atoms with van der Waals surface area (Å²) in [5.41, 5.74) is 4.39. The van der Waals surface area contributed by atoms with Crippen molar-refractivity contribution in [3.63, 3.8) is 0 Å². The summed E-state index contributed by atoms with van der Waals surface area (Å²) in [5, 5.41) is 4.09. The van der Waals surface area contributed by atoms with Crippen LogP contribution in [-0.4, -0.2) is 19.1 Å². The molecule has 2 aliphatic rings. The van der Waals surface area contributed by atoms with Gasteiger partial charge in [-0.2, -0.15) is 0 Å². The van der Waals surface area contributed by atoms with Crippen LogP contribution in [0, 0.1) is 0 Å². The van der Waals surface area contributed by atoms with Crippen LogP contribution in [0.5, 0.6) is 11.5 Å². The fourth-order valence-corrected chi connectivity index (χ4v) is 5.98. The molecule has 0 saturated heterocycles. The Labute approximate surface area is 240 Å². The summed E-state index contributed by atoms with van der Waals surface area (Å²) in [7, 11) is 0. The van der Waals surface area contributed by atoms with Gasteiger partial charge in [0, 0.05) is 36.0 Å². The van der Waals surface area contributed by atoms with Gasteiger partial charge in [0.15, 0.2) is 5.60 Å². The zero-order valence-corrected chi connectivity index (χ0v) is 23.6. The minimum absolute atomic E-state index is 0.349. The molecule has 6 rings (SSSR count). The average Bonchev–Trinajstić information content (AvgIpc) is 3.26. The number of benzene rings is 4. The van der Waals surface area contributed by atoms with Gasteiger partial charge >= 0.3 is 5.97 Å². The van der Waals surface area contributed by atoms with E-state index in [1.807, 2.05) is 66.7 Å². The Balaban J connectivity index is 1.54. The number of fused-ring (bicyclic) bond motifs is 6. The van der Waals surface area contributed by atoms with Crippen molar-refractivity contribution in [3.05, 3.63) is 112 Å². The average molecular weight is 553 g/mol. The van der Waals surface area contributed by atoms with Gasteiger partial charge in [0.2, 0.25) is 0 Å². The smallest absolute Gasteiger partial charge is 0.340 e. The lowest BCUT2D eigenvalue weighted by Gasteiger charge is -2.38. The summed E-state index contributed by atoms with van der Waals surface area (Å²) in [4.78, 5) is 15.8. The quantitative estimate of drug-likeness (QED) is 0.210. The van der Waals surface area contributed by atoms with Crippen LogP contribution in [0.3, 0.4) is 0 Å². The zero-order valence-electron chi connectivity index (χ0n) is 22.9. The van der Waals surface area contributed by atoms with Crippen LogP contribution >= 0.6 is 11.6 Å². The third-order valence-corrected chi connectivity index (χ3v) is 8.12. The molecule has 1 N–H and O–H groups in total. The molecular weight excluding hydrogens is 520 g/mol. The molecule has 0 bridgehead atoms. The Kier molecular flexibility index (Phi) is 7.16. The predicted octanol–water partition coefficient (Wildman–Crippen LogP) is 9.06. The Bertz CT molecular complexity index is 1560. The van der Waals surface area contributed by atoms with E-state index in [9.17, 15) is 4.79 Å². The number of nitrogens with zero attached hydrogens (tertiary/aromatic N) is 1. The van der Waals surface area contributed by atoms with Crippen molar-refractivity contribution in [2.45, 2.75) is 45.1 Å². The van der Waals surface area contributed by atoms with E-state index in [1.54, 1.807) is 0 Å². The van der Waals surface area contributed by atoms with Gasteiger partial charge in [-0.1, -0.05) is 74.7 Å². The van der Waals surface area contributed by atoms with Gasteiger partial charge in [-0.15, -0.1) is 0 Å². The lowest BCUT2D eigenvalue weighted by molar-refractivity contribution is 0.0227. The van der Waals surface area contributed by atoms with E-state index >= 15 is 0 Å². The van der Waals surface area contributed by atoms with Gasteiger partial charge in [-0.25, -0.2) is 4.79 Å². The molecule has 2 aliphatic heterocycles. The van der Waals surface area contributed by atoms with E-state index in [0.717, 1.165) is 72.5 Å². The summed E-state index contributed by atoms with van der Waals surface area (Å²) in [6.45, 7) is 6.41. The van der Waals surface area contributed by atoms with Gasteiger partial charge in [-0.3, -0.25) is 0 Å². The second-order valence-corrected chi connectivity index (χ2v) is 10.8. The molecule has 0 aliphatic carbocycles. The maximum absolute atomic E-state index is 13.4. The van der Waals surface area contributed by atoms with Crippen molar-refractivity contribution in [1.82, 2.24) is 0 Å². The number of hydrogen-bond acceptors (Lipinski definition) is 5. The maximum Gasteiger partial charge on any atom is 0.340 e. The first-order valence-corrected chi connectivity index (χ1v) is 14.5. The summed E-state index contributed by atoms with van der Waals surface area (Å²) in [6.07, 6.45) is 4.51. The van der Waals surface area contributed by atoms with Gasteiger partial charge in [0.1, 0.15) is 11.5 Å². The lowest BCUT2D eigenvalue weighted by atomic mass is 9.76. The van der Waals surface area contributed by atoms with Crippen LogP contribution < -0.4 is 15.0 Å². The molecule has 0 aromatic heterocycles. The SMILES string of the molecule is CCCCN(CCCC)c1ccc2c(c1)Oc1cccc(Nc3ccccc3Cl)c1C21OC(=O)c2ccccc21. The molecule has 4 aromatic carbocycles. The molecule has 5 nitrogen and oxygen atoms in total. The number of ether oxygens (including phenoxy) is 2. The van der Waals surface area contributed by atoms with E-state index in [2.05, 4.69) is 42.3 Å². The number of halogens is 1. The molecule has 0 saturated carbocycles. The molecule has 6 heteroatoms. The normalized spacial score (nSPS) is 16.5. The number of unbranched alkanes of at least 4 members (excludes halogenated alkanes) is 2. The van der Waals surface area contributed by atoms with Crippen molar-refractivity contribution in [2.24, 2.45) is 0 Å². The Morgan fingerprint density at radius 1 is 0.800 bits per heavy atom. The van der Waals surface area contributed by atoms with Crippen molar-refractivity contribution in [3.8, 4) is 11.5 Å². The summed E-state index contributed by atoms with van der Waals surface area (Å²) < 4.78 is 13.1. The van der Waals surface area contributed by atoms with Gasteiger partial charge in [0.05, 0.1) is 27.5 Å². The van der Waals surface area contributed by atoms with Gasteiger partial charge in [-0.05, 0) is 55.3 Å². The second kappa shape index (κ2) is 10.9. The number of nitrogens with one attached hydrogen (secondary N) is 1. The van der Waals surface area contributed by atoms with E-state index in [0.29, 0.717) is 22.1 Å². The van der Waals surface area contributed by atoms with Crippen LogP contribution in [0.4, 0.5) is 17.1 Å². The topological polar surface area (TPSA) is 50.8 Å². The first-order valence-electron chi connectivity index (χ1n) is 14.1. The number of carbonyl (C=O) groups excluding carboxylic acids is 1. The maximum atomic E-state index is 13.4. The number of esters is 1. The van der Waals surface area contributed by atoms with Crippen LogP contribution in [0.2, 0.25) is 5.02 Å². The fourth-order valence-electron chi connectivity index (χ4n) is 5.80. The zero-order chi connectivity index (χ0) is 27.7. The van der Waals surface area contributed by atoms with E-state index in [1.165, 1.54) is 0 Å². The summed E-state index contributed by atoms with van der Waals surface area (Å²) in [6, 6.07) is 27.4. The third kappa shape index (κ3) is 4.39. The number of anilines is 3. The Hall–Kier alpha value is -3.96. The standard InChI is InChI=1S/C34H33ClN2O3/c1-3-5-20-37(21-6-4-2)23-18-19-26-31(22-23)39-30-17-11-16-29(36-28-15-10-9-14-27(28)35)32(30)34(26)25-13-8-7-12-24(25)33(38)40-34/h7-19,22,36H,3-6,20-21H2,1-2H3. The third-order valence-electron chi connectivity index (χ3n) is 7.79. The highest BCUT2D eigenvalue weighted by atomic mass is 35.5. The first-order chi connectivity index (χ1) is 19.6. The predicted molar refractivity (Wildman–Crippen MR) is 161 cm³/mol. The van der Waals surface area contributed by atoms with Crippen molar-refractivity contribution < 1.29 is 14.3 Å². The molecule has 0 radical (unpaired) electrons. The number of hydrogen-bond donors (Lipinski definition) is 1. The number of rotatable bonds is 9. The molecule has 40 heavy (non-hydrogen) atoms. The molecular formula is C34H33ClN2O3. The Morgan fingerprint density at radius 3 is 2.30 bits per heavy atom. The van der Waals surface area contributed by atoms with Gasteiger partial charge < -0.3 is 19.7 Å². The van der Waals surface area contributed by atoms with Gasteiger partial charge in [0.25, 0.3) is 0 Å². The summed E-state index contributed by atoms with van der Waals surface area (Å²) >= 11 is 6.53. The highest BCUT2D eigenvalue weighted by molar-refractivity contribution is 6.33. The Morgan fingerprint density at radius 2 is 1.52 bits per heavy atom. The van der Waals surface area contributed by atoms with E-state index in [-0.39, 0.29) is 5.97 Å². The van der Waals surface area contributed by atoms with Crippen LogP contribution in [0.25, 0.3) is 0 Å². The molecule has 204 valence electrons. The molecule has 2 heterocycles. The van der Waals surface area contributed by atoms with Crippen molar-refractivity contribution >= 4 is 34.6 Å². The highest BCUT2D eigenvalue weighted by Gasteiger charge is 2.54. The molecule has 4 aromatic rings. The van der Waals surface area contributed by atoms with Crippen LogP contribution in [0.15, 0.2) is 84.9 Å². The minimum atomic E-state index is -1.17. The molecule has 0 amide bonds. The largest absolute Gasteiger partial charge is 0.456 e. The summed E-state index contributed by atoms with van der Waals surface area (Å²) in [5.74, 6) is 0.987. The van der Waals surface area contributed by atoms with Crippen molar-refractivity contribution in [1.29, 1.82) is 0 Å². The monoisotopic (exact) mass is 552 g/mol. The highest BCUT2D eigenvalue weighted by Crippen LogP contribution is 2.58. The molecule has 1 spiro atoms. The number of carbonyl (C=O) groups is 1. The molecule has 1 unspecified atom stereocenters. The minimum Gasteiger partial charge on any atom is -0.456 e. The van der Waals surface area contributed by atoms with E-state index < -0.39 is 5.60 Å². The van der Waals surface area contributed by atoms with E-state index in [4.69, 9.17) is 21.1 Å². The first kappa shape index (κ1) is 26.3. The molecule has 1 atom stereocenters. The van der Waals surface area contributed by atoms with Crippen LogP contribution in [0.1, 0.15) is 66.6 Å². The van der Waals surface area contributed by atoms with Crippen LogP contribution in [-0.2, 0) is 10.3 Å². The second-order valence-electron chi connectivity index (χ2n) is 10.4. The lowest BCUT2D eigenvalue weighted by Crippen LogP contribution is -2.34. The molecule has 0 fully saturated rings.